The lowest BCUT2D eigenvalue weighted by Crippen LogP contribution is -2.33. The Kier molecular flexibility index (Phi) is 4.25. The van der Waals surface area contributed by atoms with Gasteiger partial charge < -0.3 is 5.11 Å². The second kappa shape index (κ2) is 5.74. The van der Waals surface area contributed by atoms with Gasteiger partial charge in [-0.2, -0.15) is 4.31 Å². The molecular formula is C14H17NO3S. The highest BCUT2D eigenvalue weighted by molar-refractivity contribution is 7.89. The summed E-state index contributed by atoms with van der Waals surface area (Å²) in [5.41, 5.74) is 0.685. The Balaban J connectivity index is 2.23. The molecule has 0 aliphatic heterocycles. The maximum Gasteiger partial charge on any atom is 0.243 e. The quantitative estimate of drug-likeness (QED) is 0.796. The number of hydrogen-bond acceptors (Lipinski definition) is 3. The number of aliphatic hydroxyl groups excluding tert-OH is 1. The van der Waals surface area contributed by atoms with Crippen LogP contribution in [0.3, 0.4) is 0 Å². The van der Waals surface area contributed by atoms with Crippen LogP contribution >= 0.6 is 0 Å². The lowest BCUT2D eigenvalue weighted by Gasteiger charge is -2.19. The van der Waals surface area contributed by atoms with E-state index in [1.54, 1.807) is 12.1 Å². The van der Waals surface area contributed by atoms with Crippen molar-refractivity contribution in [1.82, 2.24) is 4.31 Å². The van der Waals surface area contributed by atoms with Crippen LogP contribution in [0.2, 0.25) is 0 Å². The number of benzene rings is 1. The molecule has 0 radical (unpaired) electrons. The molecule has 2 rings (SSSR count). The van der Waals surface area contributed by atoms with Gasteiger partial charge >= 0.3 is 0 Å². The normalized spacial score (nSPS) is 15.4. The summed E-state index contributed by atoms with van der Waals surface area (Å²) in [4.78, 5) is 0.223. The van der Waals surface area contributed by atoms with Crippen molar-refractivity contribution in [1.29, 1.82) is 0 Å². The van der Waals surface area contributed by atoms with Gasteiger partial charge in [-0.3, -0.25) is 0 Å². The van der Waals surface area contributed by atoms with Gasteiger partial charge in [0.1, 0.15) is 0 Å². The van der Waals surface area contributed by atoms with Crippen LogP contribution in [-0.4, -0.2) is 30.9 Å². The summed E-state index contributed by atoms with van der Waals surface area (Å²) in [6.45, 7) is 0.491. The predicted molar refractivity (Wildman–Crippen MR) is 72.7 cm³/mol. The Labute approximate surface area is 114 Å². The van der Waals surface area contributed by atoms with Crippen LogP contribution in [0.25, 0.3) is 0 Å². The van der Waals surface area contributed by atoms with Gasteiger partial charge in [0.25, 0.3) is 0 Å². The van der Waals surface area contributed by atoms with Gasteiger partial charge in [0.15, 0.2) is 0 Å². The molecule has 19 heavy (non-hydrogen) atoms. The van der Waals surface area contributed by atoms with Gasteiger partial charge in [0.2, 0.25) is 10.0 Å². The zero-order chi connectivity index (χ0) is 13.9. The minimum Gasteiger partial charge on any atom is -0.392 e. The lowest BCUT2D eigenvalue weighted by atomic mass is 10.2. The number of nitrogens with zero attached hydrogens (tertiary/aromatic N) is 1. The van der Waals surface area contributed by atoms with E-state index in [-0.39, 0.29) is 18.0 Å². The molecule has 0 amide bonds. The van der Waals surface area contributed by atoms with Crippen molar-refractivity contribution in [2.75, 3.05) is 13.1 Å². The molecule has 4 nitrogen and oxygen atoms in total. The molecule has 1 aliphatic rings. The molecule has 1 fully saturated rings. The second-order valence-electron chi connectivity index (χ2n) is 4.75. The van der Waals surface area contributed by atoms with E-state index >= 15 is 0 Å². The monoisotopic (exact) mass is 279 g/mol. The topological polar surface area (TPSA) is 57.6 Å². The first-order valence-corrected chi connectivity index (χ1v) is 7.65. The highest BCUT2D eigenvalue weighted by Gasteiger charge is 2.31. The predicted octanol–water partition coefficient (Wildman–Crippen LogP) is 1.21. The molecule has 102 valence electrons. The Hall–Kier alpha value is -1.35. The molecule has 0 saturated heterocycles. The molecule has 0 aromatic heterocycles. The number of rotatable bonds is 6. The molecule has 1 aromatic rings. The zero-order valence-corrected chi connectivity index (χ0v) is 11.4. The highest BCUT2D eigenvalue weighted by Crippen LogP contribution is 2.31. The summed E-state index contributed by atoms with van der Waals surface area (Å²) < 4.78 is 26.3. The summed E-state index contributed by atoms with van der Waals surface area (Å²) in [6.07, 6.45) is 7.40. The van der Waals surface area contributed by atoms with Crippen molar-refractivity contribution in [3.63, 3.8) is 0 Å². The van der Waals surface area contributed by atoms with Crippen molar-refractivity contribution in [2.24, 2.45) is 5.92 Å². The lowest BCUT2D eigenvalue weighted by molar-refractivity contribution is 0.281. The Morgan fingerprint density at radius 3 is 2.42 bits per heavy atom. The van der Waals surface area contributed by atoms with Crippen molar-refractivity contribution in [3.05, 3.63) is 29.8 Å². The minimum absolute atomic E-state index is 0.0978. The molecule has 1 aliphatic carbocycles. The third-order valence-electron chi connectivity index (χ3n) is 3.17. The molecule has 0 unspecified atom stereocenters. The van der Waals surface area contributed by atoms with Gasteiger partial charge in [0.05, 0.1) is 18.0 Å². The van der Waals surface area contributed by atoms with Crippen LogP contribution in [0.15, 0.2) is 29.2 Å². The third-order valence-corrected chi connectivity index (χ3v) is 5.00. The van der Waals surface area contributed by atoms with Crippen molar-refractivity contribution < 1.29 is 13.5 Å². The summed E-state index contributed by atoms with van der Waals surface area (Å²) in [5.74, 6) is 2.85. The fourth-order valence-electron chi connectivity index (χ4n) is 1.85. The molecule has 1 aromatic carbocycles. The molecule has 0 atom stereocenters. The smallest absolute Gasteiger partial charge is 0.243 e. The van der Waals surface area contributed by atoms with E-state index in [4.69, 9.17) is 11.5 Å². The van der Waals surface area contributed by atoms with E-state index in [0.717, 1.165) is 12.8 Å². The van der Waals surface area contributed by atoms with Crippen LogP contribution in [0.5, 0.6) is 0 Å². The zero-order valence-electron chi connectivity index (χ0n) is 10.6. The molecule has 0 spiro atoms. The SMILES string of the molecule is C#CCN(CC1CC1)S(=O)(=O)c1ccc(CO)cc1. The first-order chi connectivity index (χ1) is 9.07. The van der Waals surface area contributed by atoms with Crippen molar-refractivity contribution in [3.8, 4) is 12.3 Å². The van der Waals surface area contributed by atoms with E-state index in [9.17, 15) is 8.42 Å². The van der Waals surface area contributed by atoms with Gasteiger partial charge in [0, 0.05) is 6.54 Å². The minimum atomic E-state index is -3.53. The van der Waals surface area contributed by atoms with Crippen LogP contribution in [0.1, 0.15) is 18.4 Å². The first kappa shape index (κ1) is 14.1. The van der Waals surface area contributed by atoms with Crippen LogP contribution in [0, 0.1) is 18.3 Å². The number of sulfonamides is 1. The van der Waals surface area contributed by atoms with Gasteiger partial charge in [-0.15, -0.1) is 6.42 Å². The van der Waals surface area contributed by atoms with E-state index in [2.05, 4.69) is 5.92 Å². The van der Waals surface area contributed by atoms with Gasteiger partial charge in [-0.25, -0.2) is 8.42 Å². The van der Waals surface area contributed by atoms with Crippen molar-refractivity contribution in [2.45, 2.75) is 24.3 Å². The van der Waals surface area contributed by atoms with Crippen LogP contribution in [-0.2, 0) is 16.6 Å². The van der Waals surface area contributed by atoms with E-state index < -0.39 is 10.0 Å². The number of terminal acetylenes is 1. The molecular weight excluding hydrogens is 262 g/mol. The molecule has 0 bridgehead atoms. The molecule has 1 saturated carbocycles. The Bertz CT molecular complexity index is 568. The molecule has 1 N–H and O–H groups in total. The Morgan fingerprint density at radius 1 is 1.32 bits per heavy atom. The van der Waals surface area contributed by atoms with Gasteiger partial charge in [-0.05, 0) is 36.5 Å². The van der Waals surface area contributed by atoms with Crippen LogP contribution in [0.4, 0.5) is 0 Å². The van der Waals surface area contributed by atoms with E-state index in [1.165, 1.54) is 16.4 Å². The van der Waals surface area contributed by atoms with Crippen LogP contribution < -0.4 is 0 Å². The average molecular weight is 279 g/mol. The summed E-state index contributed by atoms with van der Waals surface area (Å²) in [7, 11) is -3.53. The fourth-order valence-corrected chi connectivity index (χ4v) is 3.28. The first-order valence-electron chi connectivity index (χ1n) is 6.21. The van der Waals surface area contributed by atoms with Gasteiger partial charge in [-0.1, -0.05) is 18.1 Å². The average Bonchev–Trinajstić information content (AvgIpc) is 3.22. The maximum atomic E-state index is 12.5. The summed E-state index contributed by atoms with van der Waals surface area (Å²) >= 11 is 0. The summed E-state index contributed by atoms with van der Waals surface area (Å²) in [5, 5.41) is 8.97. The number of aliphatic hydroxyl groups is 1. The second-order valence-corrected chi connectivity index (χ2v) is 6.69. The molecule has 5 heteroatoms. The maximum absolute atomic E-state index is 12.5. The Morgan fingerprint density at radius 2 is 1.95 bits per heavy atom. The third kappa shape index (κ3) is 3.35. The standard InChI is InChI=1S/C14H17NO3S/c1-2-9-15(10-12-3-4-12)19(17,18)14-7-5-13(11-16)6-8-14/h1,5-8,12,16H,3-4,9-11H2. The molecule has 0 heterocycles. The number of hydrogen-bond donors (Lipinski definition) is 1. The van der Waals surface area contributed by atoms with Crippen molar-refractivity contribution >= 4 is 10.0 Å². The highest BCUT2D eigenvalue weighted by atomic mass is 32.2. The largest absolute Gasteiger partial charge is 0.392 e. The fraction of sp³-hybridized carbons (Fsp3) is 0.429. The summed E-state index contributed by atoms with van der Waals surface area (Å²) in [6, 6.07) is 6.24. The van der Waals surface area contributed by atoms with E-state index in [0.29, 0.717) is 18.0 Å². The van der Waals surface area contributed by atoms with E-state index in [1.807, 2.05) is 0 Å².